The fourth-order valence-electron chi connectivity index (χ4n) is 5.58. The third-order valence-corrected chi connectivity index (χ3v) is 8.47. The summed E-state index contributed by atoms with van der Waals surface area (Å²) in [5.74, 6) is -7.93. The summed E-state index contributed by atoms with van der Waals surface area (Å²) in [6, 6.07) is 6.72. The molecule has 1 atom stereocenters. The van der Waals surface area contributed by atoms with E-state index in [0.717, 1.165) is 40.5 Å². The number of anilines is 2. The van der Waals surface area contributed by atoms with Crippen molar-refractivity contribution < 1.29 is 45.5 Å². The minimum atomic E-state index is -4.69. The van der Waals surface area contributed by atoms with Gasteiger partial charge in [-0.2, -0.15) is 17.5 Å². The number of amides is 4. The van der Waals surface area contributed by atoms with Gasteiger partial charge in [0.05, 0.1) is 10.4 Å². The highest BCUT2D eigenvalue weighted by atomic mass is 32.1. The maximum absolute atomic E-state index is 14.9. The molecule has 3 aromatic heterocycles. The van der Waals surface area contributed by atoms with E-state index in [0.29, 0.717) is 16.8 Å². The monoisotopic (exact) mass is 686 g/mol. The molecule has 7 rings (SSSR count). The van der Waals surface area contributed by atoms with Gasteiger partial charge in [-0.3, -0.25) is 24.2 Å². The van der Waals surface area contributed by atoms with Crippen LogP contribution in [0.25, 0.3) is 10.1 Å². The smallest absolute Gasteiger partial charge is 0.345 e. The maximum Gasteiger partial charge on any atom is 0.433 e. The number of aromatic nitrogens is 4. The number of hydrogen-bond donors (Lipinski definition) is 4. The number of fused-ring (bicyclic) bond motifs is 5. The quantitative estimate of drug-likeness (QED) is 0.205. The molecular formula is C29H16F6N8O4S. The highest BCUT2D eigenvalue weighted by Crippen LogP contribution is 2.47. The molecule has 0 fully saturated rings. The van der Waals surface area contributed by atoms with Crippen molar-refractivity contribution in [1.29, 1.82) is 0 Å². The highest BCUT2D eigenvalue weighted by molar-refractivity contribution is 7.13. The Kier molecular flexibility index (Phi) is 6.97. The molecule has 4 N–H and O–H groups in total. The number of halogens is 6. The fourth-order valence-corrected chi connectivity index (χ4v) is 6.34. The minimum Gasteiger partial charge on any atom is -0.345 e. The average Bonchev–Trinajstić information content (AvgIpc) is 3.68. The van der Waals surface area contributed by atoms with Gasteiger partial charge in [0.15, 0.2) is 11.4 Å². The molecule has 244 valence electrons. The molecule has 5 aromatic rings. The Morgan fingerprint density at radius 2 is 1.81 bits per heavy atom. The zero-order valence-corrected chi connectivity index (χ0v) is 24.4. The van der Waals surface area contributed by atoms with Crippen LogP contribution in [0.5, 0.6) is 0 Å². The van der Waals surface area contributed by atoms with Crippen LogP contribution in [-0.4, -0.2) is 42.5 Å². The number of pyridine rings is 1. The molecule has 19 heteroatoms. The van der Waals surface area contributed by atoms with Gasteiger partial charge in [0.2, 0.25) is 11.7 Å². The summed E-state index contributed by atoms with van der Waals surface area (Å²) < 4.78 is 87.7. The second-order valence-electron chi connectivity index (χ2n) is 10.6. The number of imidazole rings is 1. The van der Waals surface area contributed by atoms with E-state index in [2.05, 4.69) is 35.6 Å². The van der Waals surface area contributed by atoms with Crippen LogP contribution in [0.15, 0.2) is 48.7 Å². The van der Waals surface area contributed by atoms with Crippen LogP contribution in [0.2, 0.25) is 0 Å². The molecule has 0 unspecified atom stereocenters. The first kappa shape index (κ1) is 30.8. The number of carbonyl (C=O) groups is 4. The predicted molar refractivity (Wildman–Crippen MR) is 154 cm³/mol. The van der Waals surface area contributed by atoms with Gasteiger partial charge < -0.3 is 25.8 Å². The van der Waals surface area contributed by atoms with Crippen molar-refractivity contribution in [3.8, 4) is 0 Å². The third-order valence-electron chi connectivity index (χ3n) is 7.64. The lowest BCUT2D eigenvalue weighted by Gasteiger charge is -2.34. The first-order chi connectivity index (χ1) is 22.8. The molecule has 4 amide bonds. The van der Waals surface area contributed by atoms with Crippen LogP contribution in [0.3, 0.4) is 0 Å². The number of benzene rings is 2. The van der Waals surface area contributed by atoms with E-state index in [1.165, 1.54) is 12.1 Å². The average molecular weight is 687 g/mol. The topological polar surface area (TPSA) is 160 Å². The zero-order chi connectivity index (χ0) is 34.1. The number of hydrogen-bond acceptors (Lipinski definition) is 8. The zero-order valence-electron chi connectivity index (χ0n) is 23.6. The summed E-state index contributed by atoms with van der Waals surface area (Å²) in [6.45, 7) is -1.02. The lowest BCUT2D eigenvalue weighted by Crippen LogP contribution is -2.57. The van der Waals surface area contributed by atoms with E-state index in [-0.39, 0.29) is 28.9 Å². The van der Waals surface area contributed by atoms with E-state index in [4.69, 9.17) is 0 Å². The Hall–Kier alpha value is -5.85. The molecule has 2 aliphatic heterocycles. The second kappa shape index (κ2) is 10.9. The van der Waals surface area contributed by atoms with Gasteiger partial charge in [-0.15, -0.1) is 0 Å². The second-order valence-corrected chi connectivity index (χ2v) is 11.4. The summed E-state index contributed by atoms with van der Waals surface area (Å²) in [4.78, 5) is 61.3. The molecule has 0 saturated heterocycles. The fraction of sp³-hybridized carbons (Fsp3) is 0.138. The summed E-state index contributed by atoms with van der Waals surface area (Å²) in [6.07, 6.45) is -3.80. The van der Waals surface area contributed by atoms with E-state index < -0.39 is 87.9 Å². The number of nitrogens with one attached hydrogen (secondary N) is 4. The molecule has 5 heterocycles. The van der Waals surface area contributed by atoms with Crippen LogP contribution < -0.4 is 21.3 Å². The summed E-state index contributed by atoms with van der Waals surface area (Å²) in [7, 11) is 0. The molecule has 2 aromatic carbocycles. The normalized spacial score (nSPS) is 16.8. The molecular weight excluding hydrogens is 670 g/mol. The van der Waals surface area contributed by atoms with Gasteiger partial charge in [0.25, 0.3) is 17.7 Å². The van der Waals surface area contributed by atoms with E-state index in [1.807, 2.05) is 0 Å². The molecule has 0 saturated carbocycles. The van der Waals surface area contributed by atoms with Gasteiger partial charge in [-0.1, -0.05) is 6.07 Å². The van der Waals surface area contributed by atoms with Crippen molar-refractivity contribution >= 4 is 56.8 Å². The van der Waals surface area contributed by atoms with Gasteiger partial charge >= 0.3 is 6.18 Å². The Morgan fingerprint density at radius 1 is 1.02 bits per heavy atom. The van der Waals surface area contributed by atoms with Gasteiger partial charge in [-0.25, -0.2) is 18.2 Å². The molecule has 0 aliphatic carbocycles. The lowest BCUT2D eigenvalue weighted by atomic mass is 9.85. The number of carbonyl (C=O) groups excluding carboxylic acids is 4. The largest absolute Gasteiger partial charge is 0.433 e. The Labute approximate surface area is 267 Å². The Morgan fingerprint density at radius 3 is 2.54 bits per heavy atom. The van der Waals surface area contributed by atoms with E-state index in [1.54, 1.807) is 0 Å². The van der Waals surface area contributed by atoms with Gasteiger partial charge in [0, 0.05) is 29.8 Å². The number of rotatable bonds is 5. The van der Waals surface area contributed by atoms with Crippen LogP contribution in [0.1, 0.15) is 43.6 Å². The molecule has 12 nitrogen and oxygen atoms in total. The molecule has 1 spiro atoms. The van der Waals surface area contributed by atoms with Crippen molar-refractivity contribution in [1.82, 2.24) is 29.5 Å². The summed E-state index contributed by atoms with van der Waals surface area (Å²) in [5.41, 5.74) is -4.88. The van der Waals surface area contributed by atoms with E-state index >= 15 is 0 Å². The molecule has 0 radical (unpaired) electrons. The van der Waals surface area contributed by atoms with Crippen molar-refractivity contribution in [2.24, 2.45) is 0 Å². The first-order valence-electron chi connectivity index (χ1n) is 13.7. The minimum absolute atomic E-state index is 0.129. The van der Waals surface area contributed by atoms with Crippen LogP contribution in [0.4, 0.5) is 37.8 Å². The molecule has 2 aliphatic rings. The van der Waals surface area contributed by atoms with Crippen molar-refractivity contribution in [3.63, 3.8) is 0 Å². The van der Waals surface area contributed by atoms with Crippen LogP contribution >= 0.6 is 11.5 Å². The van der Waals surface area contributed by atoms with E-state index in [9.17, 15) is 45.5 Å². The van der Waals surface area contributed by atoms with Gasteiger partial charge in [-0.05, 0) is 47.4 Å². The van der Waals surface area contributed by atoms with Crippen molar-refractivity contribution in [3.05, 3.63) is 100 Å². The van der Waals surface area contributed by atoms with Crippen molar-refractivity contribution in [2.75, 3.05) is 10.6 Å². The molecule has 48 heavy (non-hydrogen) atoms. The van der Waals surface area contributed by atoms with Crippen LogP contribution in [-0.2, 0) is 34.4 Å². The Balaban J connectivity index is 1.33. The number of alkyl halides is 3. The Bertz CT molecular complexity index is 2220. The summed E-state index contributed by atoms with van der Waals surface area (Å²) >= 11 is 0.881. The highest BCUT2D eigenvalue weighted by Gasteiger charge is 2.57. The first-order valence-corrected chi connectivity index (χ1v) is 14.4. The SMILES string of the molecule is O=C1Cn2c(C(=O)NCc3ccc(C(F)(F)F)nc3)nc(NC(=O)c3nsc4ccc(F)cc34)c2[C@]2(N1)C(=O)Nc1c(F)cc(F)cc12. The van der Waals surface area contributed by atoms with Crippen molar-refractivity contribution in [2.45, 2.75) is 24.8 Å². The lowest BCUT2D eigenvalue weighted by molar-refractivity contribution is -0.141. The third kappa shape index (κ3) is 4.89. The van der Waals surface area contributed by atoms with Crippen LogP contribution in [0, 0.1) is 17.5 Å². The standard InChI is InChI=1S/C29H16F6N8O4S/c30-12-2-3-17-14(5-12)20(42-48-17)25(45)40-23-22-28(15-6-13(31)7-16(32)21(15)38-27(28)47)41-19(44)10-43(22)24(39-23)26(46)37-9-11-1-4-18(36-8-11)29(33,34)35/h1-8H,9-10H2,(H,37,46)(H,38,47)(H,40,45)(H,41,44)/t28-/m0/s1. The summed E-state index contributed by atoms with van der Waals surface area (Å²) in [5, 5.41) is 9.69. The predicted octanol–water partition coefficient (Wildman–Crippen LogP) is 3.83. The molecule has 0 bridgehead atoms. The van der Waals surface area contributed by atoms with Gasteiger partial charge in [0.1, 0.15) is 41.1 Å². The number of nitrogens with zero attached hydrogens (tertiary/aromatic N) is 4. The maximum atomic E-state index is 14.9.